The van der Waals surface area contributed by atoms with Gasteiger partial charge in [0.2, 0.25) is 0 Å². The summed E-state index contributed by atoms with van der Waals surface area (Å²) in [6.07, 6.45) is 0. The van der Waals surface area contributed by atoms with Crippen LogP contribution in [-0.2, 0) is 0 Å². The normalized spacial score (nSPS) is 5.00. The molecule has 2 nitrogen and oxygen atoms in total. The number of hydrogen-bond donors (Lipinski definition) is 2. The molecular formula is C3H8O2SSn+2. The second kappa shape index (κ2) is 9.80. The van der Waals surface area contributed by atoms with Gasteiger partial charge in [0, 0.05) is 0 Å². The predicted molar refractivity (Wildman–Crippen MR) is 34.5 cm³/mol. The van der Waals surface area contributed by atoms with Crippen molar-refractivity contribution in [2.24, 2.45) is 0 Å². The number of carboxylic acid groups (broad SMARTS) is 1. The molecule has 0 fully saturated rings. The maximum absolute atomic E-state index is 8.86. The summed E-state index contributed by atoms with van der Waals surface area (Å²) in [6.45, 7) is 0. The molecule has 0 saturated carbocycles. The third-order valence-electron chi connectivity index (χ3n) is 0. The Balaban J connectivity index is 0. The van der Waals surface area contributed by atoms with E-state index in [-0.39, 0.29) is 21.1 Å². The summed E-state index contributed by atoms with van der Waals surface area (Å²) < 4.78 is 0. The Morgan fingerprint density at radius 3 is 1.71 bits per heavy atom. The van der Waals surface area contributed by atoms with Crippen molar-refractivity contribution in [1.29, 1.82) is 0 Å². The molecule has 0 unspecified atom stereocenters. The summed E-state index contributed by atoms with van der Waals surface area (Å²) in [6, 6.07) is 0. The number of hydrogen-bond acceptors (Lipinski definition) is 1. The zero-order valence-corrected chi connectivity index (χ0v) is 8.05. The predicted octanol–water partition coefficient (Wildman–Crippen LogP) is 1.38. The monoisotopic (exact) mass is 228 g/mol. The number of carbonyl (C=O) groups is 1. The van der Waals surface area contributed by atoms with E-state index in [2.05, 4.69) is 22.5 Å². The van der Waals surface area contributed by atoms with Crippen LogP contribution in [0, 0.1) is 0 Å². The van der Waals surface area contributed by atoms with Gasteiger partial charge < -0.3 is 5.11 Å². The van der Waals surface area contributed by atoms with Gasteiger partial charge in [-0.15, -0.1) is 0 Å². The first kappa shape index (κ1) is 10.6. The van der Waals surface area contributed by atoms with Gasteiger partial charge in [-0.3, -0.25) is 0 Å². The molecule has 0 bridgehead atoms. The summed E-state index contributed by atoms with van der Waals surface area (Å²) in [5.74, 6) is 0. The second-order valence-corrected chi connectivity index (χ2v) is 4.02. The van der Waals surface area contributed by atoms with E-state index in [0.717, 1.165) is 0 Å². The van der Waals surface area contributed by atoms with Gasteiger partial charge >= 0.3 is 36.3 Å². The average molecular weight is 227 g/mol. The Bertz CT molecular complexity index is 44.2. The molecule has 0 saturated heterocycles. The molecule has 0 aliphatic rings. The van der Waals surface area contributed by atoms with E-state index in [1.165, 1.54) is 0 Å². The summed E-state index contributed by atoms with van der Waals surface area (Å²) >= 11 is 3.11. The molecule has 1 N–H and O–H groups in total. The first-order valence-electron chi connectivity index (χ1n) is 1.65. The van der Waals surface area contributed by atoms with E-state index in [9.17, 15) is 0 Å². The van der Waals surface area contributed by atoms with Crippen molar-refractivity contribution >= 4 is 39.1 Å². The molecule has 4 heteroatoms. The van der Waals surface area contributed by atoms with Crippen LogP contribution in [0.5, 0.6) is 0 Å². The van der Waals surface area contributed by atoms with E-state index in [1.54, 1.807) is 0 Å². The topological polar surface area (TPSA) is 37.3 Å². The zero-order valence-electron chi connectivity index (χ0n) is 4.30. The van der Waals surface area contributed by atoms with Crippen molar-refractivity contribution in [2.45, 2.75) is 9.88 Å². The summed E-state index contributed by atoms with van der Waals surface area (Å²) in [7, 11) is 0. The summed E-state index contributed by atoms with van der Waals surface area (Å²) in [5, 5.41) is 6.14. The third-order valence-corrected chi connectivity index (χ3v) is 0. The minimum absolute atomic E-state index is 0.230. The molecule has 0 aliphatic heterocycles. The van der Waals surface area contributed by atoms with Crippen molar-refractivity contribution in [3.63, 3.8) is 0 Å². The third kappa shape index (κ3) is 369. The van der Waals surface area contributed by atoms with Crippen LogP contribution in [-0.4, -0.2) is 31.6 Å². The van der Waals surface area contributed by atoms with E-state index >= 15 is 0 Å². The Labute approximate surface area is 58.9 Å². The molecule has 0 rings (SSSR count). The van der Waals surface area contributed by atoms with Crippen molar-refractivity contribution in [3.8, 4) is 0 Å². The molecule has 0 aromatic heterocycles. The van der Waals surface area contributed by atoms with Crippen molar-refractivity contribution < 1.29 is 9.90 Å². The van der Waals surface area contributed by atoms with Gasteiger partial charge in [0.25, 0.3) is 0 Å². The van der Waals surface area contributed by atoms with Crippen LogP contribution in [0.4, 0.5) is 4.79 Å². The van der Waals surface area contributed by atoms with Gasteiger partial charge in [0.05, 0.1) is 0 Å². The molecule has 0 atom stereocenters. The Morgan fingerprint density at radius 2 is 1.71 bits per heavy atom. The Hall–Kier alpha value is 0.619. The summed E-state index contributed by atoms with van der Waals surface area (Å²) in [5.41, 5.74) is 0. The van der Waals surface area contributed by atoms with Gasteiger partial charge in [-0.2, -0.15) is 0 Å². The quantitative estimate of drug-likeness (QED) is 0.484. The van der Waals surface area contributed by atoms with Crippen LogP contribution in [0.25, 0.3) is 0 Å². The molecule has 0 aromatic rings. The number of rotatable bonds is 0. The van der Waals surface area contributed by atoms with Crippen LogP contribution in [0.2, 0.25) is 9.88 Å². The Morgan fingerprint density at radius 1 is 1.71 bits per heavy atom. The second-order valence-electron chi connectivity index (χ2n) is 0.783. The summed E-state index contributed by atoms with van der Waals surface area (Å²) in [4.78, 5) is 13.5. The van der Waals surface area contributed by atoms with E-state index in [4.69, 9.17) is 9.90 Å². The molecule has 0 aromatic carbocycles. The van der Waals surface area contributed by atoms with Crippen molar-refractivity contribution in [2.75, 3.05) is 0 Å². The van der Waals surface area contributed by atoms with Gasteiger partial charge in [-0.25, -0.2) is 4.79 Å². The van der Waals surface area contributed by atoms with Gasteiger partial charge in [-0.1, -0.05) is 12.6 Å². The molecule has 7 heavy (non-hydrogen) atoms. The van der Waals surface area contributed by atoms with Crippen LogP contribution in [0.15, 0.2) is 0 Å². The van der Waals surface area contributed by atoms with Crippen LogP contribution in [0.3, 0.4) is 0 Å². The van der Waals surface area contributed by atoms with Crippen LogP contribution >= 0.6 is 12.6 Å². The van der Waals surface area contributed by atoms with Crippen LogP contribution in [0.1, 0.15) is 0 Å². The molecule has 0 aliphatic carbocycles. The standard InChI is InChI=1S/CH2O2S.2CH3.Sn/c2-1(3)4;;;/h4H,(H,2,3);2*1H3;/q;;;+2. The molecule has 40 valence electrons. The fourth-order valence-electron chi connectivity index (χ4n) is 0. The maximum atomic E-state index is 8.86. The Kier molecular flexibility index (Phi) is 14.8. The zero-order chi connectivity index (χ0) is 6.28. The average Bonchev–Trinajstić information content (AvgIpc) is 1.33. The first-order valence-corrected chi connectivity index (χ1v) is 7.81. The van der Waals surface area contributed by atoms with Gasteiger partial charge in [0.15, 0.2) is 0 Å². The molecule has 0 heterocycles. The fourth-order valence-corrected chi connectivity index (χ4v) is 0. The molecule has 0 radical (unpaired) electrons. The van der Waals surface area contributed by atoms with Crippen molar-refractivity contribution in [3.05, 3.63) is 0 Å². The van der Waals surface area contributed by atoms with E-state index in [0.29, 0.717) is 0 Å². The van der Waals surface area contributed by atoms with Crippen molar-refractivity contribution in [1.82, 2.24) is 0 Å². The fraction of sp³-hybridized carbons (Fsp3) is 0.667. The molecule has 0 spiro atoms. The van der Waals surface area contributed by atoms with Crippen LogP contribution < -0.4 is 0 Å². The van der Waals surface area contributed by atoms with Gasteiger partial charge in [-0.05, 0) is 0 Å². The van der Waals surface area contributed by atoms with Gasteiger partial charge in [0.1, 0.15) is 0 Å². The van der Waals surface area contributed by atoms with E-state index in [1.807, 2.05) is 0 Å². The molecular weight excluding hydrogens is 219 g/mol. The molecule has 0 amide bonds. The SMILES string of the molecule is O=C(O)S.[CH3][Sn+2][CH3]. The van der Waals surface area contributed by atoms with E-state index < -0.39 is 5.30 Å². The first-order chi connectivity index (χ1) is 3.15. The minimum atomic E-state index is -1.14. The number of thiol groups is 1.